The average Bonchev–Trinajstić information content (AvgIpc) is 2.38. The van der Waals surface area contributed by atoms with Gasteiger partial charge >= 0.3 is 0 Å². The number of rotatable bonds is 10. The molecule has 0 spiro atoms. The standard InChI is InChI=1S/C15H29NO/c1-2-3-4-5-6-7-11-14-17-16-15-12-9-8-10-13-15/h8-9,15-16H,2-7,10-14H2,1H3. The Bertz CT molecular complexity index is 191. The fraction of sp³-hybridized carbons (Fsp3) is 0.867. The third-order valence-corrected chi connectivity index (χ3v) is 3.37. The van der Waals surface area contributed by atoms with E-state index in [0.29, 0.717) is 6.04 Å². The third kappa shape index (κ3) is 8.39. The summed E-state index contributed by atoms with van der Waals surface area (Å²) in [6.07, 6.45) is 17.5. The highest BCUT2D eigenvalue weighted by molar-refractivity contribution is 4.91. The van der Waals surface area contributed by atoms with Crippen LogP contribution < -0.4 is 5.48 Å². The van der Waals surface area contributed by atoms with Gasteiger partial charge in [0.25, 0.3) is 0 Å². The molecule has 0 radical (unpaired) electrons. The molecule has 0 bridgehead atoms. The minimum atomic E-state index is 0.546. The highest BCUT2D eigenvalue weighted by Crippen LogP contribution is 2.10. The predicted molar refractivity (Wildman–Crippen MR) is 73.9 cm³/mol. The second-order valence-electron chi connectivity index (χ2n) is 5.07. The molecule has 1 N–H and O–H groups in total. The molecular formula is C15H29NO. The predicted octanol–water partition coefficient (Wildman–Crippen LogP) is 4.37. The first-order valence-corrected chi connectivity index (χ1v) is 7.45. The van der Waals surface area contributed by atoms with Crippen LogP contribution in [0, 0.1) is 0 Å². The van der Waals surface area contributed by atoms with Crippen molar-refractivity contribution in [1.29, 1.82) is 0 Å². The maximum atomic E-state index is 5.52. The van der Waals surface area contributed by atoms with Crippen LogP contribution in [0.15, 0.2) is 12.2 Å². The zero-order valence-corrected chi connectivity index (χ0v) is 11.4. The maximum absolute atomic E-state index is 5.52. The van der Waals surface area contributed by atoms with E-state index in [1.54, 1.807) is 0 Å². The molecule has 17 heavy (non-hydrogen) atoms. The summed E-state index contributed by atoms with van der Waals surface area (Å²) < 4.78 is 0. The summed E-state index contributed by atoms with van der Waals surface area (Å²) in [5.41, 5.74) is 3.18. The van der Waals surface area contributed by atoms with Gasteiger partial charge in [-0.1, -0.05) is 57.6 Å². The topological polar surface area (TPSA) is 21.3 Å². The molecule has 0 aromatic carbocycles. The molecule has 0 fully saturated rings. The fourth-order valence-electron chi connectivity index (χ4n) is 2.21. The lowest BCUT2D eigenvalue weighted by Gasteiger charge is -2.18. The smallest absolute Gasteiger partial charge is 0.0682 e. The van der Waals surface area contributed by atoms with E-state index in [0.717, 1.165) is 13.0 Å². The summed E-state index contributed by atoms with van der Waals surface area (Å²) in [6, 6.07) is 0.546. The monoisotopic (exact) mass is 239 g/mol. The molecule has 0 saturated carbocycles. The van der Waals surface area contributed by atoms with Crippen LogP contribution in [0.5, 0.6) is 0 Å². The van der Waals surface area contributed by atoms with Crippen molar-refractivity contribution in [2.45, 2.75) is 77.2 Å². The Morgan fingerprint density at radius 3 is 2.53 bits per heavy atom. The molecule has 0 aromatic heterocycles. The van der Waals surface area contributed by atoms with Gasteiger partial charge in [0.05, 0.1) is 6.61 Å². The van der Waals surface area contributed by atoms with Gasteiger partial charge in [0.1, 0.15) is 0 Å². The number of nitrogens with one attached hydrogen (secondary N) is 1. The first-order chi connectivity index (χ1) is 8.43. The van der Waals surface area contributed by atoms with E-state index in [9.17, 15) is 0 Å². The molecule has 2 heteroatoms. The molecule has 1 unspecified atom stereocenters. The Hall–Kier alpha value is -0.340. The average molecular weight is 239 g/mol. The van der Waals surface area contributed by atoms with E-state index >= 15 is 0 Å². The van der Waals surface area contributed by atoms with Gasteiger partial charge in [-0.05, 0) is 25.7 Å². The van der Waals surface area contributed by atoms with Crippen LogP contribution in [0.3, 0.4) is 0 Å². The summed E-state index contributed by atoms with van der Waals surface area (Å²) in [7, 11) is 0. The van der Waals surface area contributed by atoms with Crippen LogP contribution in [-0.4, -0.2) is 12.6 Å². The van der Waals surface area contributed by atoms with Gasteiger partial charge in [-0.25, -0.2) is 0 Å². The number of unbranched alkanes of at least 4 members (excludes halogenated alkanes) is 6. The third-order valence-electron chi connectivity index (χ3n) is 3.37. The minimum absolute atomic E-state index is 0.546. The van der Waals surface area contributed by atoms with E-state index in [2.05, 4.69) is 24.6 Å². The molecule has 0 saturated heterocycles. The molecule has 1 aliphatic carbocycles. The molecule has 1 atom stereocenters. The van der Waals surface area contributed by atoms with E-state index in [-0.39, 0.29) is 0 Å². The van der Waals surface area contributed by atoms with Crippen molar-refractivity contribution in [3.8, 4) is 0 Å². The molecule has 0 heterocycles. The molecule has 2 nitrogen and oxygen atoms in total. The Labute approximate surface area is 107 Å². The summed E-state index contributed by atoms with van der Waals surface area (Å²) in [6.45, 7) is 3.13. The first-order valence-electron chi connectivity index (χ1n) is 7.45. The second kappa shape index (κ2) is 10.8. The minimum Gasteiger partial charge on any atom is -0.302 e. The Kier molecular flexibility index (Phi) is 9.34. The summed E-state index contributed by atoms with van der Waals surface area (Å²) in [5, 5.41) is 0. The van der Waals surface area contributed by atoms with Crippen LogP contribution in [0.2, 0.25) is 0 Å². The SMILES string of the molecule is CCCCCCCCCONC1CC=CCC1. The summed E-state index contributed by atoms with van der Waals surface area (Å²) in [4.78, 5) is 5.52. The lowest BCUT2D eigenvalue weighted by atomic mass is 10.0. The van der Waals surface area contributed by atoms with Crippen molar-refractivity contribution in [2.75, 3.05) is 6.61 Å². The van der Waals surface area contributed by atoms with Crippen LogP contribution >= 0.6 is 0 Å². The van der Waals surface area contributed by atoms with Gasteiger partial charge < -0.3 is 4.84 Å². The van der Waals surface area contributed by atoms with Crippen LogP contribution in [0.4, 0.5) is 0 Å². The van der Waals surface area contributed by atoms with Crippen molar-refractivity contribution in [2.24, 2.45) is 0 Å². The van der Waals surface area contributed by atoms with Gasteiger partial charge in [0.2, 0.25) is 0 Å². The van der Waals surface area contributed by atoms with Gasteiger partial charge in [-0.15, -0.1) is 0 Å². The lowest BCUT2D eigenvalue weighted by molar-refractivity contribution is 0.0118. The maximum Gasteiger partial charge on any atom is 0.0682 e. The van der Waals surface area contributed by atoms with Gasteiger partial charge in [0.15, 0.2) is 0 Å². The van der Waals surface area contributed by atoms with Crippen LogP contribution in [0.1, 0.15) is 71.1 Å². The molecule has 0 aliphatic heterocycles. The molecule has 0 aromatic rings. The van der Waals surface area contributed by atoms with Crippen molar-refractivity contribution < 1.29 is 4.84 Å². The Morgan fingerprint density at radius 1 is 1.06 bits per heavy atom. The number of hydrogen-bond acceptors (Lipinski definition) is 2. The Morgan fingerprint density at radius 2 is 1.82 bits per heavy atom. The number of hydroxylamine groups is 1. The highest BCUT2D eigenvalue weighted by Gasteiger charge is 2.08. The van der Waals surface area contributed by atoms with E-state index in [1.807, 2.05) is 0 Å². The van der Waals surface area contributed by atoms with E-state index < -0.39 is 0 Å². The summed E-state index contributed by atoms with van der Waals surface area (Å²) in [5.74, 6) is 0. The van der Waals surface area contributed by atoms with Crippen LogP contribution in [-0.2, 0) is 4.84 Å². The molecular weight excluding hydrogens is 210 g/mol. The van der Waals surface area contributed by atoms with Crippen molar-refractivity contribution in [3.05, 3.63) is 12.2 Å². The van der Waals surface area contributed by atoms with E-state index in [1.165, 1.54) is 57.8 Å². The zero-order chi connectivity index (χ0) is 12.2. The van der Waals surface area contributed by atoms with Gasteiger partial charge in [-0.3, -0.25) is 0 Å². The van der Waals surface area contributed by atoms with Crippen LogP contribution in [0.25, 0.3) is 0 Å². The number of hydrogen-bond donors (Lipinski definition) is 1. The fourth-order valence-corrected chi connectivity index (χ4v) is 2.21. The molecule has 100 valence electrons. The lowest BCUT2D eigenvalue weighted by Crippen LogP contribution is -2.30. The van der Waals surface area contributed by atoms with Gasteiger partial charge in [-0.2, -0.15) is 5.48 Å². The van der Waals surface area contributed by atoms with E-state index in [4.69, 9.17) is 4.84 Å². The first kappa shape index (κ1) is 14.7. The quantitative estimate of drug-likeness (QED) is 0.347. The summed E-state index contributed by atoms with van der Waals surface area (Å²) >= 11 is 0. The zero-order valence-electron chi connectivity index (χ0n) is 11.4. The Balaban J connectivity index is 1.76. The van der Waals surface area contributed by atoms with Crippen molar-refractivity contribution in [3.63, 3.8) is 0 Å². The molecule has 1 rings (SSSR count). The number of allylic oxidation sites excluding steroid dienone is 1. The van der Waals surface area contributed by atoms with Crippen molar-refractivity contribution >= 4 is 0 Å². The van der Waals surface area contributed by atoms with Gasteiger partial charge in [0, 0.05) is 6.04 Å². The second-order valence-corrected chi connectivity index (χ2v) is 5.07. The highest BCUT2D eigenvalue weighted by atomic mass is 16.6. The largest absolute Gasteiger partial charge is 0.302 e. The normalized spacial score (nSPS) is 19.7. The molecule has 0 amide bonds. The molecule has 1 aliphatic rings. The van der Waals surface area contributed by atoms with Crippen molar-refractivity contribution in [1.82, 2.24) is 5.48 Å².